The van der Waals surface area contributed by atoms with Crippen molar-refractivity contribution in [3.05, 3.63) is 29.3 Å². The van der Waals surface area contributed by atoms with Gasteiger partial charge in [-0.2, -0.15) is 13.2 Å². The summed E-state index contributed by atoms with van der Waals surface area (Å²) < 4.78 is 65.2. The van der Waals surface area contributed by atoms with Crippen LogP contribution in [0.5, 0.6) is 5.75 Å². The number of hydrogen-bond donors (Lipinski definition) is 1. The number of carbonyl (C=O) groups is 1. The van der Waals surface area contributed by atoms with Gasteiger partial charge in [0.25, 0.3) is 0 Å². The minimum atomic E-state index is -4.77. The molecule has 0 spiro atoms. The van der Waals surface area contributed by atoms with Gasteiger partial charge in [0.2, 0.25) is 0 Å². The highest BCUT2D eigenvalue weighted by Crippen LogP contribution is 2.36. The van der Waals surface area contributed by atoms with Gasteiger partial charge in [-0.3, -0.25) is 0 Å². The molecule has 0 atom stereocenters. The van der Waals surface area contributed by atoms with E-state index in [-0.39, 0.29) is 18.8 Å². The molecule has 0 fully saturated rings. The van der Waals surface area contributed by atoms with Crippen LogP contribution < -0.4 is 4.74 Å². The number of carboxylic acids is 1. The summed E-state index contributed by atoms with van der Waals surface area (Å²) in [5.74, 6) is -2.22. The van der Waals surface area contributed by atoms with Crippen molar-refractivity contribution in [1.29, 1.82) is 0 Å². The molecule has 0 aromatic heterocycles. The van der Waals surface area contributed by atoms with E-state index in [1.807, 2.05) is 0 Å². The maximum Gasteiger partial charge on any atom is 0.419 e. The third kappa shape index (κ3) is 5.62. The summed E-state index contributed by atoms with van der Waals surface area (Å²) >= 11 is 0. The van der Waals surface area contributed by atoms with Crippen molar-refractivity contribution in [2.75, 3.05) is 18.6 Å². The predicted molar refractivity (Wildman–Crippen MR) is 68.2 cm³/mol. The van der Waals surface area contributed by atoms with Gasteiger partial charge in [-0.05, 0) is 24.6 Å². The number of hydrogen-bond acceptors (Lipinski definition) is 4. The van der Waals surface area contributed by atoms with Gasteiger partial charge in [0.05, 0.1) is 23.5 Å². The van der Waals surface area contributed by atoms with Crippen LogP contribution in [0.25, 0.3) is 0 Å². The normalized spacial score (nSPS) is 12.2. The molecule has 21 heavy (non-hydrogen) atoms. The molecule has 0 saturated carbocycles. The van der Waals surface area contributed by atoms with Gasteiger partial charge in [-0.25, -0.2) is 13.2 Å². The third-order valence-electron chi connectivity index (χ3n) is 2.45. The SMILES string of the molecule is CS(=O)(=O)CCCOc1ccc(C(=O)O)cc1C(F)(F)F. The molecule has 0 aliphatic heterocycles. The highest BCUT2D eigenvalue weighted by molar-refractivity contribution is 7.90. The standard InChI is InChI=1S/C12H13F3O5S/c1-21(18,19)6-2-5-20-10-4-3-8(11(16)17)7-9(10)12(13,14)15/h3-4,7H,2,5-6H2,1H3,(H,16,17). The van der Waals surface area contributed by atoms with E-state index in [4.69, 9.17) is 9.84 Å². The summed E-state index contributed by atoms with van der Waals surface area (Å²) in [5.41, 5.74) is -1.72. The summed E-state index contributed by atoms with van der Waals surface area (Å²) in [4.78, 5) is 10.7. The Kier molecular flexibility index (Phi) is 5.21. The van der Waals surface area contributed by atoms with Crippen molar-refractivity contribution < 1.29 is 36.2 Å². The second-order valence-electron chi connectivity index (χ2n) is 4.35. The van der Waals surface area contributed by atoms with E-state index < -0.39 is 38.9 Å². The van der Waals surface area contributed by atoms with Crippen LogP contribution in [0.4, 0.5) is 13.2 Å². The summed E-state index contributed by atoms with van der Waals surface area (Å²) in [6, 6.07) is 2.38. The Hall–Kier alpha value is -1.77. The molecule has 5 nitrogen and oxygen atoms in total. The molecule has 1 N–H and O–H groups in total. The average Bonchev–Trinajstić information content (AvgIpc) is 2.32. The fourth-order valence-electron chi connectivity index (χ4n) is 1.51. The number of alkyl halides is 3. The third-order valence-corrected chi connectivity index (χ3v) is 3.48. The fourth-order valence-corrected chi connectivity index (χ4v) is 2.16. The molecule has 0 unspecified atom stereocenters. The second kappa shape index (κ2) is 6.33. The van der Waals surface area contributed by atoms with Crippen LogP contribution in [0, 0.1) is 0 Å². The number of benzene rings is 1. The number of aromatic carboxylic acids is 1. The highest BCUT2D eigenvalue weighted by Gasteiger charge is 2.35. The van der Waals surface area contributed by atoms with Crippen LogP contribution in [-0.2, 0) is 16.0 Å². The lowest BCUT2D eigenvalue weighted by atomic mass is 10.1. The smallest absolute Gasteiger partial charge is 0.419 e. The van der Waals surface area contributed by atoms with Gasteiger partial charge >= 0.3 is 12.1 Å². The quantitative estimate of drug-likeness (QED) is 0.811. The van der Waals surface area contributed by atoms with Gasteiger partial charge in [0, 0.05) is 6.26 Å². The predicted octanol–water partition coefficient (Wildman–Crippen LogP) is 2.22. The summed E-state index contributed by atoms with van der Waals surface area (Å²) in [6.07, 6.45) is -3.72. The zero-order valence-corrected chi connectivity index (χ0v) is 11.8. The number of rotatable bonds is 6. The van der Waals surface area contributed by atoms with E-state index in [0.29, 0.717) is 6.07 Å². The van der Waals surface area contributed by atoms with Crippen molar-refractivity contribution in [3.63, 3.8) is 0 Å². The molecule has 0 radical (unpaired) electrons. The number of halogens is 3. The monoisotopic (exact) mass is 326 g/mol. The molecule has 1 rings (SSSR count). The number of carboxylic acid groups (broad SMARTS) is 1. The maximum atomic E-state index is 12.8. The zero-order valence-electron chi connectivity index (χ0n) is 11.0. The first-order valence-electron chi connectivity index (χ1n) is 5.76. The molecular weight excluding hydrogens is 313 g/mol. The van der Waals surface area contributed by atoms with E-state index in [1.54, 1.807) is 0 Å². The molecule has 118 valence electrons. The molecule has 9 heteroatoms. The molecule has 1 aromatic carbocycles. The molecule has 0 amide bonds. The van der Waals surface area contributed by atoms with Crippen molar-refractivity contribution in [2.24, 2.45) is 0 Å². The minimum Gasteiger partial charge on any atom is -0.493 e. The van der Waals surface area contributed by atoms with Gasteiger partial charge in [0.1, 0.15) is 15.6 Å². The van der Waals surface area contributed by atoms with Crippen LogP contribution in [-0.4, -0.2) is 38.1 Å². The van der Waals surface area contributed by atoms with Crippen LogP contribution in [0.2, 0.25) is 0 Å². The maximum absolute atomic E-state index is 12.8. The summed E-state index contributed by atoms with van der Waals surface area (Å²) in [7, 11) is -3.21. The van der Waals surface area contributed by atoms with E-state index in [1.165, 1.54) is 0 Å². The van der Waals surface area contributed by atoms with E-state index >= 15 is 0 Å². The second-order valence-corrected chi connectivity index (χ2v) is 6.61. The van der Waals surface area contributed by atoms with Crippen LogP contribution >= 0.6 is 0 Å². The average molecular weight is 326 g/mol. The molecule has 0 heterocycles. The van der Waals surface area contributed by atoms with Crippen molar-refractivity contribution >= 4 is 15.8 Å². The van der Waals surface area contributed by atoms with Crippen LogP contribution in [0.1, 0.15) is 22.3 Å². The van der Waals surface area contributed by atoms with Crippen molar-refractivity contribution in [2.45, 2.75) is 12.6 Å². The lowest BCUT2D eigenvalue weighted by Crippen LogP contribution is -2.13. The van der Waals surface area contributed by atoms with E-state index in [0.717, 1.165) is 18.4 Å². The Morgan fingerprint density at radius 2 is 1.95 bits per heavy atom. The lowest BCUT2D eigenvalue weighted by Gasteiger charge is -2.14. The first-order chi connectivity index (χ1) is 9.50. The lowest BCUT2D eigenvalue weighted by molar-refractivity contribution is -0.139. The zero-order chi connectivity index (χ0) is 16.3. The van der Waals surface area contributed by atoms with E-state index in [9.17, 15) is 26.4 Å². The highest BCUT2D eigenvalue weighted by atomic mass is 32.2. The largest absolute Gasteiger partial charge is 0.493 e. The van der Waals surface area contributed by atoms with Gasteiger partial charge in [-0.15, -0.1) is 0 Å². The topological polar surface area (TPSA) is 80.7 Å². The Morgan fingerprint density at radius 3 is 2.43 bits per heavy atom. The number of ether oxygens (including phenoxy) is 1. The number of sulfone groups is 1. The first kappa shape index (κ1) is 17.3. The van der Waals surface area contributed by atoms with Crippen molar-refractivity contribution in [1.82, 2.24) is 0 Å². The Morgan fingerprint density at radius 1 is 1.33 bits per heavy atom. The Labute approximate surface area is 119 Å². The van der Waals surface area contributed by atoms with Gasteiger partial charge in [-0.1, -0.05) is 0 Å². The molecule has 0 saturated heterocycles. The van der Waals surface area contributed by atoms with Crippen LogP contribution in [0.3, 0.4) is 0 Å². The molecule has 0 aliphatic carbocycles. The summed E-state index contributed by atoms with van der Waals surface area (Å²) in [5, 5.41) is 8.69. The minimum absolute atomic E-state index is 0.0385. The summed E-state index contributed by atoms with van der Waals surface area (Å²) in [6.45, 7) is -0.220. The van der Waals surface area contributed by atoms with Crippen molar-refractivity contribution in [3.8, 4) is 5.75 Å². The molecule has 1 aromatic rings. The fraction of sp³-hybridized carbons (Fsp3) is 0.417. The van der Waals surface area contributed by atoms with Gasteiger partial charge in [0.15, 0.2) is 0 Å². The Balaban J connectivity index is 2.89. The molecule has 0 bridgehead atoms. The first-order valence-corrected chi connectivity index (χ1v) is 7.82. The molecule has 0 aliphatic rings. The van der Waals surface area contributed by atoms with E-state index in [2.05, 4.69) is 0 Å². The Bertz CT molecular complexity index is 622. The van der Waals surface area contributed by atoms with Gasteiger partial charge < -0.3 is 9.84 Å². The van der Waals surface area contributed by atoms with Crippen LogP contribution in [0.15, 0.2) is 18.2 Å². The molecular formula is C12H13F3O5S.